The van der Waals surface area contributed by atoms with E-state index in [1.807, 2.05) is 20.0 Å². The molecule has 2 aromatic rings. The molecule has 3 heterocycles. The van der Waals surface area contributed by atoms with Gasteiger partial charge in [0.05, 0.1) is 12.2 Å². The molecule has 1 amide bonds. The van der Waals surface area contributed by atoms with E-state index in [1.165, 1.54) is 5.56 Å². The first-order chi connectivity index (χ1) is 11.1. The van der Waals surface area contributed by atoms with E-state index < -0.39 is 0 Å². The molecule has 1 aliphatic rings. The van der Waals surface area contributed by atoms with Crippen LogP contribution in [0.15, 0.2) is 22.9 Å². The largest absolute Gasteiger partial charge is 0.310 e. The Morgan fingerprint density at radius 1 is 1.30 bits per heavy atom. The maximum atomic E-state index is 12.2. The maximum Gasteiger partial charge on any atom is 0.239 e. The lowest BCUT2D eigenvalue weighted by Crippen LogP contribution is -2.48. The summed E-state index contributed by atoms with van der Waals surface area (Å²) in [7, 11) is 1.84. The van der Waals surface area contributed by atoms with Crippen LogP contribution in [0.3, 0.4) is 0 Å². The van der Waals surface area contributed by atoms with Crippen molar-refractivity contribution in [1.82, 2.24) is 19.6 Å². The average Bonchev–Trinajstić information content (AvgIpc) is 3.11. The van der Waals surface area contributed by atoms with Gasteiger partial charge in [-0.2, -0.15) is 16.4 Å². The third-order valence-electron chi connectivity index (χ3n) is 4.09. The predicted octanol–water partition coefficient (Wildman–Crippen LogP) is 1.55. The Morgan fingerprint density at radius 2 is 2.04 bits per heavy atom. The molecule has 1 saturated heterocycles. The fourth-order valence-electron chi connectivity index (χ4n) is 2.86. The first-order valence-corrected chi connectivity index (χ1v) is 8.81. The minimum atomic E-state index is 0.0271. The van der Waals surface area contributed by atoms with E-state index in [0.29, 0.717) is 6.54 Å². The Labute approximate surface area is 140 Å². The van der Waals surface area contributed by atoms with Crippen molar-refractivity contribution in [1.29, 1.82) is 0 Å². The topological polar surface area (TPSA) is 53.4 Å². The molecule has 0 unspecified atom stereocenters. The summed E-state index contributed by atoms with van der Waals surface area (Å²) >= 11 is 1.74. The highest BCUT2D eigenvalue weighted by Gasteiger charge is 2.19. The van der Waals surface area contributed by atoms with Crippen LogP contribution in [0.4, 0.5) is 5.82 Å². The number of thiophene rings is 1. The van der Waals surface area contributed by atoms with Gasteiger partial charge in [-0.25, -0.2) is 0 Å². The van der Waals surface area contributed by atoms with Crippen LogP contribution in [-0.4, -0.2) is 58.2 Å². The molecule has 6 nitrogen and oxygen atoms in total. The second kappa shape index (κ2) is 7.25. The lowest BCUT2D eigenvalue weighted by atomic mass is 10.2. The third-order valence-corrected chi connectivity index (χ3v) is 4.82. The van der Waals surface area contributed by atoms with Crippen LogP contribution in [0.2, 0.25) is 0 Å². The third kappa shape index (κ3) is 4.40. The highest BCUT2D eigenvalue weighted by atomic mass is 32.1. The molecule has 0 bridgehead atoms. The smallest absolute Gasteiger partial charge is 0.239 e. The number of anilines is 1. The Hall–Kier alpha value is -1.70. The summed E-state index contributed by atoms with van der Waals surface area (Å²) in [5, 5.41) is 11.5. The SMILES string of the molecule is Cc1cc(NC(=O)CN2CCN(Cc3ccsc3)CC2)n(C)n1. The Kier molecular flexibility index (Phi) is 5.09. The number of rotatable bonds is 5. The van der Waals surface area contributed by atoms with Gasteiger partial charge in [0, 0.05) is 45.8 Å². The minimum Gasteiger partial charge on any atom is -0.310 e. The Balaban J connectivity index is 1.43. The number of aromatic nitrogens is 2. The van der Waals surface area contributed by atoms with Gasteiger partial charge >= 0.3 is 0 Å². The van der Waals surface area contributed by atoms with Crippen LogP contribution in [0.5, 0.6) is 0 Å². The summed E-state index contributed by atoms with van der Waals surface area (Å²) < 4.78 is 1.70. The molecule has 2 aromatic heterocycles. The fourth-order valence-corrected chi connectivity index (χ4v) is 3.52. The predicted molar refractivity (Wildman–Crippen MR) is 92.6 cm³/mol. The molecule has 0 saturated carbocycles. The number of amides is 1. The quantitative estimate of drug-likeness (QED) is 0.902. The van der Waals surface area contributed by atoms with Crippen LogP contribution in [0, 0.1) is 6.92 Å². The van der Waals surface area contributed by atoms with Gasteiger partial charge in [0.1, 0.15) is 5.82 Å². The zero-order valence-electron chi connectivity index (χ0n) is 13.7. The van der Waals surface area contributed by atoms with Crippen molar-refractivity contribution in [3.63, 3.8) is 0 Å². The molecule has 1 fully saturated rings. The zero-order valence-corrected chi connectivity index (χ0v) is 14.5. The molecule has 124 valence electrons. The number of hydrogen-bond donors (Lipinski definition) is 1. The summed E-state index contributed by atoms with van der Waals surface area (Å²) in [6.07, 6.45) is 0. The number of piperazine rings is 1. The lowest BCUT2D eigenvalue weighted by molar-refractivity contribution is -0.117. The molecule has 0 spiro atoms. The van der Waals surface area contributed by atoms with Gasteiger partial charge in [-0.05, 0) is 29.3 Å². The van der Waals surface area contributed by atoms with Crippen LogP contribution >= 0.6 is 11.3 Å². The van der Waals surface area contributed by atoms with Gasteiger partial charge < -0.3 is 5.32 Å². The van der Waals surface area contributed by atoms with Crippen LogP contribution in [-0.2, 0) is 18.4 Å². The fraction of sp³-hybridized carbons (Fsp3) is 0.500. The van der Waals surface area contributed by atoms with Crippen molar-refractivity contribution in [3.05, 3.63) is 34.2 Å². The Bertz CT molecular complexity index is 643. The molecule has 0 aliphatic carbocycles. The lowest BCUT2D eigenvalue weighted by Gasteiger charge is -2.34. The van der Waals surface area contributed by atoms with Crippen molar-refractivity contribution in [2.75, 3.05) is 38.0 Å². The van der Waals surface area contributed by atoms with E-state index in [0.717, 1.165) is 44.2 Å². The normalized spacial score (nSPS) is 16.6. The van der Waals surface area contributed by atoms with E-state index in [1.54, 1.807) is 16.0 Å². The minimum absolute atomic E-state index is 0.0271. The maximum absolute atomic E-state index is 12.2. The number of hydrogen-bond acceptors (Lipinski definition) is 5. The summed E-state index contributed by atoms with van der Waals surface area (Å²) in [5.74, 6) is 0.780. The van der Waals surface area contributed by atoms with Crippen molar-refractivity contribution in [2.45, 2.75) is 13.5 Å². The second-order valence-electron chi connectivity index (χ2n) is 6.03. The van der Waals surface area contributed by atoms with Gasteiger partial charge in [0.15, 0.2) is 0 Å². The molecule has 0 radical (unpaired) electrons. The van der Waals surface area contributed by atoms with Crippen molar-refractivity contribution in [2.24, 2.45) is 7.05 Å². The number of nitrogens with one attached hydrogen (secondary N) is 1. The van der Waals surface area contributed by atoms with Crippen LogP contribution in [0.25, 0.3) is 0 Å². The molecule has 23 heavy (non-hydrogen) atoms. The molecule has 3 rings (SSSR count). The van der Waals surface area contributed by atoms with Crippen LogP contribution < -0.4 is 5.32 Å². The molecule has 0 atom stereocenters. The van der Waals surface area contributed by atoms with Crippen molar-refractivity contribution in [3.8, 4) is 0 Å². The Morgan fingerprint density at radius 3 is 2.65 bits per heavy atom. The van der Waals surface area contributed by atoms with Gasteiger partial charge in [0.25, 0.3) is 0 Å². The average molecular weight is 333 g/mol. The molecule has 0 aromatic carbocycles. The second-order valence-corrected chi connectivity index (χ2v) is 6.81. The summed E-state index contributed by atoms with van der Waals surface area (Å²) in [4.78, 5) is 16.8. The van der Waals surface area contributed by atoms with Gasteiger partial charge in [-0.1, -0.05) is 0 Å². The van der Waals surface area contributed by atoms with Crippen molar-refractivity contribution >= 4 is 23.1 Å². The number of carbonyl (C=O) groups is 1. The van der Waals surface area contributed by atoms with Gasteiger partial charge in [-0.15, -0.1) is 0 Å². The standard InChI is InChI=1S/C16H23N5OS/c1-13-9-15(19(2)18-13)17-16(22)11-21-6-4-20(5-7-21)10-14-3-8-23-12-14/h3,8-9,12H,4-7,10-11H2,1-2H3,(H,17,22). The van der Waals surface area contributed by atoms with Gasteiger partial charge in [-0.3, -0.25) is 19.3 Å². The van der Waals surface area contributed by atoms with E-state index in [4.69, 9.17) is 0 Å². The van der Waals surface area contributed by atoms with Gasteiger partial charge in [0.2, 0.25) is 5.91 Å². The molecule has 1 aliphatic heterocycles. The van der Waals surface area contributed by atoms with Crippen molar-refractivity contribution < 1.29 is 4.79 Å². The molecular weight excluding hydrogens is 310 g/mol. The number of nitrogens with zero attached hydrogens (tertiary/aromatic N) is 4. The van der Waals surface area contributed by atoms with E-state index in [9.17, 15) is 4.79 Å². The molecule has 7 heteroatoms. The summed E-state index contributed by atoms with van der Waals surface area (Å²) in [6.45, 7) is 7.25. The molecular formula is C16H23N5OS. The van der Waals surface area contributed by atoms with E-state index in [-0.39, 0.29) is 5.91 Å². The highest BCUT2D eigenvalue weighted by Crippen LogP contribution is 2.12. The monoisotopic (exact) mass is 333 g/mol. The zero-order chi connectivity index (χ0) is 16.2. The van der Waals surface area contributed by atoms with E-state index >= 15 is 0 Å². The van der Waals surface area contributed by atoms with E-state index in [2.05, 4.69) is 37.0 Å². The van der Waals surface area contributed by atoms with Crippen LogP contribution in [0.1, 0.15) is 11.3 Å². The summed E-state index contributed by atoms with van der Waals surface area (Å²) in [6, 6.07) is 4.07. The first-order valence-electron chi connectivity index (χ1n) is 7.86. The number of aryl methyl sites for hydroxylation is 2. The summed E-state index contributed by atoms with van der Waals surface area (Å²) in [5.41, 5.74) is 2.29. The molecule has 1 N–H and O–H groups in total. The number of carbonyl (C=O) groups excluding carboxylic acids is 1. The highest BCUT2D eigenvalue weighted by molar-refractivity contribution is 7.07. The first kappa shape index (κ1) is 16.2.